The van der Waals surface area contributed by atoms with Gasteiger partial charge in [0, 0.05) is 0 Å². The Morgan fingerprint density at radius 3 is 2.53 bits per heavy atom. The zero-order valence-corrected chi connectivity index (χ0v) is 11.5. The second-order valence-corrected chi connectivity index (χ2v) is 5.71. The lowest BCUT2D eigenvalue weighted by molar-refractivity contribution is 0.0642. The fraction of sp³-hybridized carbons (Fsp3) is 0.875. The van der Waals surface area contributed by atoms with Crippen molar-refractivity contribution in [3.8, 4) is 0 Å². The van der Waals surface area contributed by atoms with Gasteiger partial charge in [-0.3, -0.25) is 0 Å². The van der Waals surface area contributed by atoms with E-state index in [1.807, 2.05) is 6.08 Å². The molecule has 1 saturated carbocycles. The van der Waals surface area contributed by atoms with Gasteiger partial charge in [-0.25, -0.2) is 0 Å². The third-order valence-corrected chi connectivity index (χ3v) is 4.31. The molecular weight excluding hydrogens is 208 g/mol. The zero-order valence-electron chi connectivity index (χ0n) is 11.5. The van der Waals surface area contributed by atoms with Gasteiger partial charge in [0.1, 0.15) is 0 Å². The average Bonchev–Trinajstić information content (AvgIpc) is 2.37. The molecule has 0 radical (unpaired) electrons. The highest BCUT2D eigenvalue weighted by Gasteiger charge is 2.25. The minimum absolute atomic E-state index is 0.0536. The van der Waals surface area contributed by atoms with Crippen molar-refractivity contribution >= 4 is 0 Å². The Morgan fingerprint density at radius 2 is 1.94 bits per heavy atom. The lowest BCUT2D eigenvalue weighted by atomic mass is 9.77. The summed E-state index contributed by atoms with van der Waals surface area (Å²) < 4.78 is 0. The van der Waals surface area contributed by atoms with Gasteiger partial charge < -0.3 is 5.11 Å². The molecule has 0 aromatic carbocycles. The second kappa shape index (κ2) is 8.74. The maximum absolute atomic E-state index is 10.1. The number of aliphatic hydroxyl groups excluding tert-OH is 1. The lowest BCUT2D eigenvalue weighted by Gasteiger charge is -2.31. The molecule has 1 atom stereocenters. The molecule has 17 heavy (non-hydrogen) atoms. The van der Waals surface area contributed by atoms with Crippen molar-refractivity contribution in [3.05, 3.63) is 12.7 Å². The standard InChI is InChI=1S/C16H30O/c1-3-5-7-9-16(17)15-12-10-14(11-13-15)8-6-4-2/h3,14-17H,1,4-13H2,2H3. The van der Waals surface area contributed by atoms with E-state index in [9.17, 15) is 5.11 Å². The summed E-state index contributed by atoms with van der Waals surface area (Å²) in [5.74, 6) is 1.53. The number of rotatable bonds is 8. The zero-order chi connectivity index (χ0) is 12.5. The van der Waals surface area contributed by atoms with Gasteiger partial charge in [0.15, 0.2) is 0 Å². The third kappa shape index (κ3) is 5.72. The van der Waals surface area contributed by atoms with Crippen LogP contribution in [-0.4, -0.2) is 11.2 Å². The highest BCUT2D eigenvalue weighted by Crippen LogP contribution is 2.34. The maximum Gasteiger partial charge on any atom is 0.0568 e. The van der Waals surface area contributed by atoms with Gasteiger partial charge >= 0.3 is 0 Å². The predicted octanol–water partition coefficient (Wildman–Crippen LogP) is 4.70. The summed E-state index contributed by atoms with van der Waals surface area (Å²) in [5, 5.41) is 10.1. The Hall–Kier alpha value is -0.300. The molecule has 0 amide bonds. The lowest BCUT2D eigenvalue weighted by Crippen LogP contribution is -2.25. The number of aliphatic hydroxyl groups is 1. The van der Waals surface area contributed by atoms with E-state index in [1.165, 1.54) is 44.9 Å². The fourth-order valence-electron chi connectivity index (χ4n) is 3.06. The number of allylic oxidation sites excluding steroid dienone is 1. The Kier molecular flexibility index (Phi) is 7.59. The molecule has 1 aliphatic rings. The van der Waals surface area contributed by atoms with Gasteiger partial charge in [-0.05, 0) is 43.9 Å². The highest BCUT2D eigenvalue weighted by molar-refractivity contribution is 4.78. The summed E-state index contributed by atoms with van der Waals surface area (Å²) in [7, 11) is 0. The van der Waals surface area contributed by atoms with Crippen LogP contribution in [0.4, 0.5) is 0 Å². The molecule has 0 saturated heterocycles. The van der Waals surface area contributed by atoms with Gasteiger partial charge in [-0.15, -0.1) is 6.58 Å². The molecule has 1 nitrogen and oxygen atoms in total. The molecule has 0 bridgehead atoms. The Bertz CT molecular complexity index is 192. The van der Waals surface area contributed by atoms with Crippen LogP contribution in [0.15, 0.2) is 12.7 Å². The molecule has 1 aliphatic carbocycles. The van der Waals surface area contributed by atoms with Crippen LogP contribution in [0.2, 0.25) is 0 Å². The molecule has 0 heterocycles. The number of hydrogen-bond acceptors (Lipinski definition) is 1. The molecule has 0 aliphatic heterocycles. The molecule has 100 valence electrons. The van der Waals surface area contributed by atoms with Gasteiger partial charge in [-0.1, -0.05) is 45.1 Å². The Morgan fingerprint density at radius 1 is 1.24 bits per heavy atom. The maximum atomic E-state index is 10.1. The third-order valence-electron chi connectivity index (χ3n) is 4.31. The first-order chi connectivity index (χ1) is 8.27. The van der Waals surface area contributed by atoms with Crippen LogP contribution in [0.5, 0.6) is 0 Å². The first kappa shape index (κ1) is 14.8. The summed E-state index contributed by atoms with van der Waals surface area (Å²) in [6, 6.07) is 0. The number of unbranched alkanes of at least 4 members (excludes halogenated alkanes) is 2. The van der Waals surface area contributed by atoms with Gasteiger partial charge in [0.2, 0.25) is 0 Å². The normalized spacial score (nSPS) is 26.7. The van der Waals surface area contributed by atoms with Crippen molar-refractivity contribution in [2.45, 2.75) is 77.2 Å². The highest BCUT2D eigenvalue weighted by atomic mass is 16.3. The van der Waals surface area contributed by atoms with Gasteiger partial charge in [0.25, 0.3) is 0 Å². The summed E-state index contributed by atoms with van der Waals surface area (Å²) in [6.07, 6.45) is 14.3. The van der Waals surface area contributed by atoms with E-state index >= 15 is 0 Å². The predicted molar refractivity (Wildman–Crippen MR) is 75.0 cm³/mol. The minimum Gasteiger partial charge on any atom is -0.393 e. The monoisotopic (exact) mass is 238 g/mol. The summed E-state index contributed by atoms with van der Waals surface area (Å²) in [5.41, 5.74) is 0. The van der Waals surface area contributed by atoms with Crippen LogP contribution >= 0.6 is 0 Å². The summed E-state index contributed by atoms with van der Waals surface area (Å²) >= 11 is 0. The van der Waals surface area contributed by atoms with E-state index < -0.39 is 0 Å². The van der Waals surface area contributed by atoms with E-state index in [1.54, 1.807) is 0 Å². The molecule has 0 aromatic rings. The van der Waals surface area contributed by atoms with Crippen LogP contribution in [0.3, 0.4) is 0 Å². The van der Waals surface area contributed by atoms with Crippen LogP contribution < -0.4 is 0 Å². The van der Waals surface area contributed by atoms with Crippen molar-refractivity contribution in [2.24, 2.45) is 11.8 Å². The fourth-order valence-corrected chi connectivity index (χ4v) is 3.06. The van der Waals surface area contributed by atoms with E-state index in [4.69, 9.17) is 0 Å². The SMILES string of the molecule is C=CCCCC(O)C1CCC(CCCC)CC1. The first-order valence-electron chi connectivity index (χ1n) is 7.56. The van der Waals surface area contributed by atoms with Crippen LogP contribution in [-0.2, 0) is 0 Å². The van der Waals surface area contributed by atoms with Gasteiger partial charge in [0.05, 0.1) is 6.10 Å². The average molecular weight is 238 g/mol. The molecule has 1 N–H and O–H groups in total. The van der Waals surface area contributed by atoms with Crippen LogP contribution in [0.1, 0.15) is 71.1 Å². The molecule has 1 fully saturated rings. The molecule has 1 heteroatoms. The topological polar surface area (TPSA) is 20.2 Å². The molecular formula is C16H30O. The largest absolute Gasteiger partial charge is 0.393 e. The first-order valence-corrected chi connectivity index (χ1v) is 7.56. The Labute approximate surface area is 107 Å². The number of hydrogen-bond donors (Lipinski definition) is 1. The second-order valence-electron chi connectivity index (χ2n) is 5.71. The smallest absolute Gasteiger partial charge is 0.0568 e. The van der Waals surface area contributed by atoms with Crippen molar-refractivity contribution in [1.82, 2.24) is 0 Å². The van der Waals surface area contributed by atoms with E-state index in [-0.39, 0.29) is 6.10 Å². The van der Waals surface area contributed by atoms with E-state index in [0.29, 0.717) is 5.92 Å². The van der Waals surface area contributed by atoms with E-state index in [2.05, 4.69) is 13.5 Å². The van der Waals surface area contributed by atoms with Crippen molar-refractivity contribution < 1.29 is 5.11 Å². The molecule has 0 spiro atoms. The Balaban J connectivity index is 2.14. The summed E-state index contributed by atoms with van der Waals surface area (Å²) in [4.78, 5) is 0. The van der Waals surface area contributed by atoms with Crippen LogP contribution in [0, 0.1) is 11.8 Å². The molecule has 1 rings (SSSR count). The minimum atomic E-state index is -0.0536. The summed E-state index contributed by atoms with van der Waals surface area (Å²) in [6.45, 7) is 6.00. The molecule has 1 unspecified atom stereocenters. The van der Waals surface area contributed by atoms with Crippen molar-refractivity contribution in [3.63, 3.8) is 0 Å². The van der Waals surface area contributed by atoms with Crippen LogP contribution in [0.25, 0.3) is 0 Å². The van der Waals surface area contributed by atoms with Crippen molar-refractivity contribution in [2.75, 3.05) is 0 Å². The molecule has 0 aromatic heterocycles. The van der Waals surface area contributed by atoms with E-state index in [0.717, 1.165) is 25.2 Å². The van der Waals surface area contributed by atoms with Gasteiger partial charge in [-0.2, -0.15) is 0 Å². The van der Waals surface area contributed by atoms with Crippen molar-refractivity contribution in [1.29, 1.82) is 0 Å². The quantitative estimate of drug-likeness (QED) is 0.480.